The highest BCUT2D eigenvalue weighted by atomic mass is 16.5. The van der Waals surface area contributed by atoms with Crippen LogP contribution in [0, 0.1) is 6.92 Å². The summed E-state index contributed by atoms with van der Waals surface area (Å²) in [5.41, 5.74) is 3.66. The summed E-state index contributed by atoms with van der Waals surface area (Å²) in [5.74, 6) is 1.89. The highest BCUT2D eigenvalue weighted by Gasteiger charge is 2.04. The molecule has 0 aliphatic rings. The number of para-hydroxylation sites is 1. The zero-order chi connectivity index (χ0) is 17.3. The first-order valence-corrected chi connectivity index (χ1v) is 8.75. The fraction of sp³-hybridized carbons (Fsp3) is 0.217. The molecule has 0 unspecified atom stereocenters. The fourth-order valence-corrected chi connectivity index (χ4v) is 2.67. The molecule has 2 heteroatoms. The van der Waals surface area contributed by atoms with Crippen molar-refractivity contribution in [2.75, 3.05) is 6.61 Å². The number of aryl methyl sites for hydroxylation is 2. The lowest BCUT2D eigenvalue weighted by molar-refractivity contribution is 0.296. The molecule has 25 heavy (non-hydrogen) atoms. The molecular formula is C23H24O2. The van der Waals surface area contributed by atoms with Crippen LogP contribution in [0.5, 0.6) is 11.5 Å². The minimum Gasteiger partial charge on any atom is -0.494 e. The molecule has 0 radical (unpaired) electrons. The van der Waals surface area contributed by atoms with Crippen LogP contribution in [-0.4, -0.2) is 6.61 Å². The van der Waals surface area contributed by atoms with E-state index in [1.165, 1.54) is 16.7 Å². The van der Waals surface area contributed by atoms with E-state index in [-0.39, 0.29) is 0 Å². The van der Waals surface area contributed by atoms with Gasteiger partial charge in [-0.2, -0.15) is 0 Å². The SMILES string of the molecule is Cc1ccc(OCCCc2ccccc2OCc2ccccc2)cc1. The molecule has 0 atom stereocenters. The third kappa shape index (κ3) is 5.39. The van der Waals surface area contributed by atoms with Gasteiger partial charge >= 0.3 is 0 Å². The molecule has 3 aromatic carbocycles. The van der Waals surface area contributed by atoms with Crippen molar-refractivity contribution < 1.29 is 9.47 Å². The standard InChI is InChI=1S/C23H24O2/c1-19-13-15-22(16-14-19)24-17-7-11-21-10-5-6-12-23(21)25-18-20-8-3-2-4-9-20/h2-6,8-10,12-16H,7,11,17-18H2,1H3. The van der Waals surface area contributed by atoms with E-state index in [1.807, 2.05) is 42.5 Å². The van der Waals surface area contributed by atoms with Crippen LogP contribution in [0.15, 0.2) is 78.9 Å². The van der Waals surface area contributed by atoms with E-state index in [0.29, 0.717) is 13.2 Å². The van der Waals surface area contributed by atoms with Gasteiger partial charge in [0.05, 0.1) is 6.61 Å². The zero-order valence-electron chi connectivity index (χ0n) is 14.7. The van der Waals surface area contributed by atoms with Gasteiger partial charge in [-0.15, -0.1) is 0 Å². The Kier molecular flexibility index (Phi) is 6.11. The van der Waals surface area contributed by atoms with Crippen molar-refractivity contribution in [3.63, 3.8) is 0 Å². The minimum atomic E-state index is 0.595. The predicted octanol–water partition coefficient (Wildman–Crippen LogP) is 5.59. The van der Waals surface area contributed by atoms with E-state index in [2.05, 4.69) is 43.3 Å². The van der Waals surface area contributed by atoms with Crippen molar-refractivity contribution in [2.45, 2.75) is 26.4 Å². The van der Waals surface area contributed by atoms with E-state index >= 15 is 0 Å². The Labute approximate surface area is 150 Å². The number of rotatable bonds is 8. The van der Waals surface area contributed by atoms with Crippen LogP contribution in [0.1, 0.15) is 23.1 Å². The smallest absolute Gasteiger partial charge is 0.122 e. The molecule has 2 nitrogen and oxygen atoms in total. The van der Waals surface area contributed by atoms with E-state index in [9.17, 15) is 0 Å². The Bertz CT molecular complexity index is 764. The molecule has 3 rings (SSSR count). The van der Waals surface area contributed by atoms with Crippen molar-refractivity contribution >= 4 is 0 Å². The van der Waals surface area contributed by atoms with Crippen LogP contribution < -0.4 is 9.47 Å². The highest BCUT2D eigenvalue weighted by molar-refractivity contribution is 5.34. The second-order valence-electron chi connectivity index (χ2n) is 6.15. The van der Waals surface area contributed by atoms with Crippen molar-refractivity contribution in [1.82, 2.24) is 0 Å². The van der Waals surface area contributed by atoms with Gasteiger partial charge in [-0.1, -0.05) is 66.2 Å². The van der Waals surface area contributed by atoms with Crippen molar-refractivity contribution in [3.05, 3.63) is 95.6 Å². The summed E-state index contributed by atoms with van der Waals surface area (Å²) in [4.78, 5) is 0. The first-order chi connectivity index (χ1) is 12.3. The Morgan fingerprint density at radius 2 is 1.44 bits per heavy atom. The quantitative estimate of drug-likeness (QED) is 0.501. The molecule has 0 bridgehead atoms. The molecule has 0 heterocycles. The molecule has 0 aliphatic carbocycles. The monoisotopic (exact) mass is 332 g/mol. The van der Waals surface area contributed by atoms with Crippen LogP contribution in [-0.2, 0) is 13.0 Å². The van der Waals surface area contributed by atoms with Crippen molar-refractivity contribution in [2.24, 2.45) is 0 Å². The summed E-state index contributed by atoms with van der Waals surface area (Å²) in [7, 11) is 0. The van der Waals surface area contributed by atoms with Gasteiger partial charge in [-0.3, -0.25) is 0 Å². The molecule has 0 fully saturated rings. The molecule has 3 aromatic rings. The molecule has 0 saturated heterocycles. The molecule has 128 valence electrons. The lowest BCUT2D eigenvalue weighted by Gasteiger charge is -2.12. The van der Waals surface area contributed by atoms with E-state index in [1.54, 1.807) is 0 Å². The summed E-state index contributed by atoms with van der Waals surface area (Å²) in [6.07, 6.45) is 1.90. The summed E-state index contributed by atoms with van der Waals surface area (Å²) in [6.45, 7) is 3.38. The van der Waals surface area contributed by atoms with E-state index in [0.717, 1.165) is 24.3 Å². The van der Waals surface area contributed by atoms with Crippen molar-refractivity contribution in [1.29, 1.82) is 0 Å². The Hall–Kier alpha value is -2.74. The van der Waals surface area contributed by atoms with Gasteiger partial charge < -0.3 is 9.47 Å². The largest absolute Gasteiger partial charge is 0.494 e. The molecule has 0 aliphatic heterocycles. The fourth-order valence-electron chi connectivity index (χ4n) is 2.67. The van der Waals surface area contributed by atoms with Crippen molar-refractivity contribution in [3.8, 4) is 11.5 Å². The summed E-state index contributed by atoms with van der Waals surface area (Å²) < 4.78 is 11.8. The van der Waals surface area contributed by atoms with E-state index in [4.69, 9.17) is 9.47 Å². The van der Waals surface area contributed by atoms with Gasteiger partial charge in [0.1, 0.15) is 18.1 Å². The Balaban J connectivity index is 1.49. The van der Waals surface area contributed by atoms with E-state index < -0.39 is 0 Å². The van der Waals surface area contributed by atoms with Gasteiger partial charge in [0, 0.05) is 0 Å². The number of ether oxygens (including phenoxy) is 2. The summed E-state index contributed by atoms with van der Waals surface area (Å²) >= 11 is 0. The molecule has 0 N–H and O–H groups in total. The molecule has 0 saturated carbocycles. The topological polar surface area (TPSA) is 18.5 Å². The lowest BCUT2D eigenvalue weighted by Crippen LogP contribution is -2.02. The minimum absolute atomic E-state index is 0.595. The molecule has 0 amide bonds. The molecular weight excluding hydrogens is 308 g/mol. The maximum absolute atomic E-state index is 6.01. The van der Waals surface area contributed by atoms with Crippen LogP contribution in [0.2, 0.25) is 0 Å². The maximum atomic E-state index is 6.01. The number of hydrogen-bond donors (Lipinski definition) is 0. The Morgan fingerprint density at radius 3 is 2.24 bits per heavy atom. The van der Waals surface area contributed by atoms with Crippen LogP contribution in [0.25, 0.3) is 0 Å². The highest BCUT2D eigenvalue weighted by Crippen LogP contribution is 2.21. The summed E-state index contributed by atoms with van der Waals surface area (Å²) in [5, 5.41) is 0. The Morgan fingerprint density at radius 1 is 0.720 bits per heavy atom. The third-order valence-corrected chi connectivity index (χ3v) is 4.09. The molecule has 0 spiro atoms. The van der Waals surface area contributed by atoms with Gasteiger partial charge in [0.15, 0.2) is 0 Å². The second-order valence-corrected chi connectivity index (χ2v) is 6.15. The van der Waals surface area contributed by atoms with Crippen LogP contribution in [0.3, 0.4) is 0 Å². The molecule has 0 aromatic heterocycles. The van der Waals surface area contributed by atoms with Crippen LogP contribution >= 0.6 is 0 Å². The van der Waals surface area contributed by atoms with Gasteiger partial charge in [-0.25, -0.2) is 0 Å². The van der Waals surface area contributed by atoms with Gasteiger partial charge in [-0.05, 0) is 49.1 Å². The average molecular weight is 332 g/mol. The summed E-state index contributed by atoms with van der Waals surface area (Å²) in [6, 6.07) is 26.7. The normalized spacial score (nSPS) is 10.4. The second kappa shape index (κ2) is 8.93. The third-order valence-electron chi connectivity index (χ3n) is 4.09. The first-order valence-electron chi connectivity index (χ1n) is 8.75. The van der Waals surface area contributed by atoms with Gasteiger partial charge in [0.2, 0.25) is 0 Å². The zero-order valence-corrected chi connectivity index (χ0v) is 14.7. The predicted molar refractivity (Wildman–Crippen MR) is 102 cm³/mol. The number of hydrogen-bond acceptors (Lipinski definition) is 2. The first kappa shape index (κ1) is 17.1. The number of benzene rings is 3. The van der Waals surface area contributed by atoms with Gasteiger partial charge in [0.25, 0.3) is 0 Å². The average Bonchev–Trinajstić information content (AvgIpc) is 2.66. The van der Waals surface area contributed by atoms with Crippen LogP contribution in [0.4, 0.5) is 0 Å². The maximum Gasteiger partial charge on any atom is 0.122 e. The lowest BCUT2D eigenvalue weighted by atomic mass is 10.1.